The van der Waals surface area contributed by atoms with Crippen LogP contribution >= 0.6 is 0 Å². The normalized spacial score (nSPS) is 16.1. The number of amides is 1. The summed E-state index contributed by atoms with van der Waals surface area (Å²) in [5, 5.41) is 12.0. The number of rotatable bonds is 6. The lowest BCUT2D eigenvalue weighted by Crippen LogP contribution is -2.39. The van der Waals surface area contributed by atoms with Crippen LogP contribution in [0.4, 0.5) is 0 Å². The van der Waals surface area contributed by atoms with Crippen molar-refractivity contribution < 1.29 is 14.6 Å². The number of benzene rings is 1. The molecule has 1 aliphatic rings. The predicted octanol–water partition coefficient (Wildman–Crippen LogP) is 1.27. The summed E-state index contributed by atoms with van der Waals surface area (Å²) in [6.45, 7) is 0.0351. The van der Waals surface area contributed by atoms with Crippen LogP contribution in [-0.4, -0.2) is 30.3 Å². The van der Waals surface area contributed by atoms with Crippen LogP contribution in [0, 0.1) is 0 Å². The number of methoxy groups -OCH3 is 1. The number of aryl methyl sites for hydroxylation is 1. The van der Waals surface area contributed by atoms with Gasteiger partial charge in [-0.25, -0.2) is 0 Å². The summed E-state index contributed by atoms with van der Waals surface area (Å²) in [6, 6.07) is 7.70. The molecule has 0 bridgehead atoms. The molecule has 0 radical (unpaired) electrons. The van der Waals surface area contributed by atoms with Crippen molar-refractivity contribution in [3.05, 3.63) is 29.8 Å². The minimum absolute atomic E-state index is 0.00699. The lowest BCUT2D eigenvalue weighted by Gasteiger charge is -2.14. The zero-order chi connectivity index (χ0) is 13.0. The molecule has 1 fully saturated rings. The van der Waals surface area contributed by atoms with Gasteiger partial charge in [0.05, 0.1) is 19.3 Å². The van der Waals surface area contributed by atoms with Gasteiger partial charge in [0, 0.05) is 6.42 Å². The third-order valence-corrected chi connectivity index (χ3v) is 3.37. The lowest BCUT2D eigenvalue weighted by molar-refractivity contribution is -0.122. The van der Waals surface area contributed by atoms with E-state index in [2.05, 4.69) is 5.32 Å². The second-order valence-corrected chi connectivity index (χ2v) is 4.80. The van der Waals surface area contributed by atoms with Crippen LogP contribution in [0.15, 0.2) is 24.3 Å². The van der Waals surface area contributed by atoms with E-state index in [1.54, 1.807) is 7.11 Å². The van der Waals surface area contributed by atoms with E-state index in [9.17, 15) is 4.79 Å². The maximum absolute atomic E-state index is 11.8. The summed E-state index contributed by atoms with van der Waals surface area (Å²) < 4.78 is 5.24. The van der Waals surface area contributed by atoms with Gasteiger partial charge in [0.25, 0.3) is 0 Å². The Bertz CT molecular complexity index is 427. The molecular weight excluding hydrogens is 230 g/mol. The second kappa shape index (κ2) is 5.40. The fourth-order valence-corrected chi connectivity index (χ4v) is 1.99. The van der Waals surface area contributed by atoms with Crippen molar-refractivity contribution in [3.8, 4) is 5.75 Å². The van der Waals surface area contributed by atoms with Gasteiger partial charge in [0.1, 0.15) is 5.75 Å². The molecule has 2 N–H and O–H groups in total. The van der Waals surface area contributed by atoms with Crippen molar-refractivity contribution in [3.63, 3.8) is 0 Å². The highest BCUT2D eigenvalue weighted by atomic mass is 16.5. The minimum atomic E-state index is -0.322. The van der Waals surface area contributed by atoms with Crippen molar-refractivity contribution in [1.29, 1.82) is 0 Å². The molecule has 0 aliphatic heterocycles. The predicted molar refractivity (Wildman–Crippen MR) is 68.5 cm³/mol. The quantitative estimate of drug-likeness (QED) is 0.798. The summed E-state index contributed by atoms with van der Waals surface area (Å²) in [5.41, 5.74) is 0.710. The zero-order valence-corrected chi connectivity index (χ0v) is 10.6. The fraction of sp³-hybridized carbons (Fsp3) is 0.500. The Labute approximate surface area is 107 Å². The van der Waals surface area contributed by atoms with E-state index in [-0.39, 0.29) is 18.1 Å². The van der Waals surface area contributed by atoms with Crippen LogP contribution in [0.3, 0.4) is 0 Å². The van der Waals surface area contributed by atoms with Gasteiger partial charge in [-0.3, -0.25) is 4.79 Å². The van der Waals surface area contributed by atoms with Crippen LogP contribution in [0.5, 0.6) is 5.75 Å². The summed E-state index contributed by atoms with van der Waals surface area (Å²) in [4.78, 5) is 11.8. The van der Waals surface area contributed by atoms with Crippen molar-refractivity contribution in [2.75, 3.05) is 13.7 Å². The summed E-state index contributed by atoms with van der Waals surface area (Å²) in [7, 11) is 1.63. The van der Waals surface area contributed by atoms with Gasteiger partial charge in [-0.1, -0.05) is 18.2 Å². The smallest absolute Gasteiger partial charge is 0.220 e. The lowest BCUT2D eigenvalue weighted by atomic mass is 10.1. The van der Waals surface area contributed by atoms with Crippen molar-refractivity contribution >= 4 is 5.91 Å². The fourth-order valence-electron chi connectivity index (χ4n) is 1.99. The first kappa shape index (κ1) is 12.9. The Hall–Kier alpha value is -1.55. The molecule has 0 atom stereocenters. The molecule has 2 rings (SSSR count). The molecule has 0 heterocycles. The van der Waals surface area contributed by atoms with Gasteiger partial charge in [-0.2, -0.15) is 0 Å². The van der Waals surface area contributed by atoms with Crippen LogP contribution < -0.4 is 10.1 Å². The van der Waals surface area contributed by atoms with Crippen molar-refractivity contribution in [1.82, 2.24) is 5.32 Å². The van der Waals surface area contributed by atoms with Crippen LogP contribution in [0.2, 0.25) is 0 Å². The molecular formula is C14H19NO3. The number of aliphatic hydroxyl groups is 1. The highest BCUT2D eigenvalue weighted by Gasteiger charge is 2.43. The van der Waals surface area contributed by atoms with Crippen LogP contribution in [-0.2, 0) is 11.2 Å². The van der Waals surface area contributed by atoms with Gasteiger partial charge in [-0.05, 0) is 30.9 Å². The molecule has 0 aromatic heterocycles. The number of para-hydroxylation sites is 1. The summed E-state index contributed by atoms with van der Waals surface area (Å²) in [5.74, 6) is 0.807. The molecule has 0 saturated heterocycles. The molecule has 4 heteroatoms. The number of carbonyl (C=O) groups excluding carboxylic acids is 1. The highest BCUT2D eigenvalue weighted by Crippen LogP contribution is 2.34. The van der Waals surface area contributed by atoms with Crippen molar-refractivity contribution in [2.45, 2.75) is 31.2 Å². The first-order valence-electron chi connectivity index (χ1n) is 6.23. The average Bonchev–Trinajstić information content (AvgIpc) is 3.17. The Morgan fingerprint density at radius 3 is 2.78 bits per heavy atom. The number of ether oxygens (including phenoxy) is 1. The van der Waals surface area contributed by atoms with E-state index in [0.717, 1.165) is 24.2 Å². The molecule has 1 saturated carbocycles. The molecule has 1 aliphatic carbocycles. The molecule has 18 heavy (non-hydrogen) atoms. The third kappa shape index (κ3) is 3.01. The van der Waals surface area contributed by atoms with E-state index < -0.39 is 0 Å². The highest BCUT2D eigenvalue weighted by molar-refractivity contribution is 5.77. The molecule has 0 unspecified atom stereocenters. The maximum atomic E-state index is 11.8. The largest absolute Gasteiger partial charge is 0.496 e. The van der Waals surface area contributed by atoms with E-state index in [1.165, 1.54) is 0 Å². The van der Waals surface area contributed by atoms with Gasteiger partial charge < -0.3 is 15.2 Å². The Kier molecular flexibility index (Phi) is 3.87. The SMILES string of the molecule is COc1ccccc1CCC(=O)NC1(CO)CC1. The van der Waals surface area contributed by atoms with Gasteiger partial charge in [0.15, 0.2) is 0 Å². The Balaban J connectivity index is 1.85. The molecule has 98 valence electrons. The van der Waals surface area contributed by atoms with E-state index >= 15 is 0 Å². The van der Waals surface area contributed by atoms with Gasteiger partial charge >= 0.3 is 0 Å². The van der Waals surface area contributed by atoms with E-state index in [1.807, 2.05) is 24.3 Å². The molecule has 1 aromatic carbocycles. The standard InChI is InChI=1S/C14H19NO3/c1-18-12-5-3-2-4-11(12)6-7-13(17)15-14(10-16)8-9-14/h2-5,16H,6-10H2,1H3,(H,15,17). The number of hydrogen-bond acceptors (Lipinski definition) is 3. The molecule has 0 spiro atoms. The maximum Gasteiger partial charge on any atom is 0.220 e. The van der Waals surface area contributed by atoms with Crippen molar-refractivity contribution in [2.24, 2.45) is 0 Å². The summed E-state index contributed by atoms with van der Waals surface area (Å²) >= 11 is 0. The third-order valence-electron chi connectivity index (χ3n) is 3.37. The Morgan fingerprint density at radius 2 is 2.17 bits per heavy atom. The zero-order valence-electron chi connectivity index (χ0n) is 10.6. The minimum Gasteiger partial charge on any atom is -0.496 e. The molecule has 4 nitrogen and oxygen atoms in total. The first-order chi connectivity index (χ1) is 8.69. The topological polar surface area (TPSA) is 58.6 Å². The van der Waals surface area contributed by atoms with Crippen LogP contribution in [0.1, 0.15) is 24.8 Å². The number of aliphatic hydroxyl groups excluding tert-OH is 1. The van der Waals surface area contributed by atoms with Crippen LogP contribution in [0.25, 0.3) is 0 Å². The second-order valence-electron chi connectivity index (χ2n) is 4.80. The number of nitrogens with one attached hydrogen (secondary N) is 1. The number of hydrogen-bond donors (Lipinski definition) is 2. The molecule has 1 amide bonds. The first-order valence-corrected chi connectivity index (χ1v) is 6.23. The van der Waals surface area contributed by atoms with E-state index in [0.29, 0.717) is 12.8 Å². The number of carbonyl (C=O) groups is 1. The van der Waals surface area contributed by atoms with Gasteiger partial charge in [-0.15, -0.1) is 0 Å². The summed E-state index contributed by atoms with van der Waals surface area (Å²) in [6.07, 6.45) is 2.83. The molecule has 1 aromatic rings. The average molecular weight is 249 g/mol. The Morgan fingerprint density at radius 1 is 1.44 bits per heavy atom. The van der Waals surface area contributed by atoms with Gasteiger partial charge in [0.2, 0.25) is 5.91 Å². The monoisotopic (exact) mass is 249 g/mol. The van der Waals surface area contributed by atoms with E-state index in [4.69, 9.17) is 9.84 Å².